The van der Waals surface area contributed by atoms with Gasteiger partial charge in [0.1, 0.15) is 22.2 Å². The summed E-state index contributed by atoms with van der Waals surface area (Å²) in [5.74, 6) is -3.87. The fraction of sp³-hybridized carbons (Fsp3) is 0.118. The molecule has 14 heteroatoms. The summed E-state index contributed by atoms with van der Waals surface area (Å²) >= 11 is 0. The molecule has 0 amide bonds. The maximum absolute atomic E-state index is 14.2. The minimum atomic E-state index is -5.12. The van der Waals surface area contributed by atoms with Gasteiger partial charge in [0.25, 0.3) is 0 Å². The van der Waals surface area contributed by atoms with Gasteiger partial charge in [0.2, 0.25) is 15.8 Å². The van der Waals surface area contributed by atoms with E-state index < -0.39 is 61.6 Å². The molecule has 166 valence electrons. The molecule has 0 aliphatic heterocycles. The second-order valence-corrected chi connectivity index (χ2v) is 7.53. The van der Waals surface area contributed by atoms with Gasteiger partial charge in [0.15, 0.2) is 0 Å². The molecule has 1 heterocycles. The Kier molecular flexibility index (Phi) is 5.48. The molecule has 0 atom stereocenters. The summed E-state index contributed by atoms with van der Waals surface area (Å²) in [5, 5.41) is 8.10. The van der Waals surface area contributed by atoms with Crippen molar-refractivity contribution in [2.45, 2.75) is 17.4 Å². The van der Waals surface area contributed by atoms with E-state index in [2.05, 4.69) is 14.4 Å². The number of nitrogens with two attached hydrogens (primary N) is 1. The number of nitrogens with zero attached hydrogens (tertiary/aromatic N) is 1. The van der Waals surface area contributed by atoms with Crippen molar-refractivity contribution in [3.63, 3.8) is 0 Å². The summed E-state index contributed by atoms with van der Waals surface area (Å²) in [6.07, 6.45) is -10.2. The summed E-state index contributed by atoms with van der Waals surface area (Å²) in [6.45, 7) is 0. The summed E-state index contributed by atoms with van der Waals surface area (Å²) in [4.78, 5) is -0.969. The molecule has 6 nitrogen and oxygen atoms in total. The molecule has 3 rings (SSSR count). The van der Waals surface area contributed by atoms with Gasteiger partial charge in [-0.15, -0.1) is 13.2 Å². The van der Waals surface area contributed by atoms with Crippen molar-refractivity contribution in [2.24, 2.45) is 5.14 Å². The van der Waals surface area contributed by atoms with Crippen LogP contribution in [0.2, 0.25) is 0 Å². The van der Waals surface area contributed by atoms with Crippen LogP contribution in [-0.4, -0.2) is 19.9 Å². The predicted molar refractivity (Wildman–Crippen MR) is 90.4 cm³/mol. The fourth-order valence-corrected chi connectivity index (χ4v) is 3.26. The van der Waals surface area contributed by atoms with E-state index in [1.807, 2.05) is 0 Å². The average molecular weight is 470 g/mol. The first-order valence-electron chi connectivity index (χ1n) is 7.92. The molecule has 31 heavy (non-hydrogen) atoms. The number of primary sulfonamides is 1. The number of benzene rings is 2. The summed E-state index contributed by atoms with van der Waals surface area (Å²) < 4.78 is 123. The van der Waals surface area contributed by atoms with Gasteiger partial charge in [-0.25, -0.2) is 17.9 Å². The number of hydrogen-bond donors (Lipinski definition) is 1. The lowest BCUT2D eigenvalue weighted by atomic mass is 9.98. The molecular weight excluding hydrogens is 461 g/mol. The van der Waals surface area contributed by atoms with Crippen LogP contribution < -0.4 is 9.88 Å². The average Bonchev–Trinajstić information content (AvgIpc) is 3.04. The van der Waals surface area contributed by atoms with E-state index in [4.69, 9.17) is 5.14 Å². The summed E-state index contributed by atoms with van der Waals surface area (Å²) in [5.41, 5.74) is -2.18. The van der Waals surface area contributed by atoms with Crippen LogP contribution in [0.3, 0.4) is 0 Å². The van der Waals surface area contributed by atoms with Gasteiger partial charge in [0, 0.05) is 5.56 Å². The molecule has 0 fully saturated rings. The van der Waals surface area contributed by atoms with Crippen LogP contribution in [0.4, 0.5) is 30.7 Å². The van der Waals surface area contributed by atoms with E-state index in [0.717, 1.165) is 30.3 Å². The van der Waals surface area contributed by atoms with Gasteiger partial charge in [0.05, 0.1) is 5.56 Å². The zero-order chi connectivity index (χ0) is 23.2. The molecule has 0 spiro atoms. The van der Waals surface area contributed by atoms with Crippen molar-refractivity contribution in [1.29, 1.82) is 0 Å². The summed E-state index contributed by atoms with van der Waals surface area (Å²) in [6, 6.07) is 5.77. The number of sulfonamides is 1. The molecule has 3 aromatic rings. The minimum absolute atomic E-state index is 0.271. The van der Waals surface area contributed by atoms with Crippen LogP contribution in [0.1, 0.15) is 5.76 Å². The first-order chi connectivity index (χ1) is 14.2. The third-order valence-electron chi connectivity index (χ3n) is 3.82. The van der Waals surface area contributed by atoms with Gasteiger partial charge < -0.3 is 9.26 Å². The van der Waals surface area contributed by atoms with Gasteiger partial charge in [-0.3, -0.25) is 0 Å². The SMILES string of the molecule is NS(=O)(=O)c1ccc(-c2c(-c3cccc(OC(F)(F)F)c3)noc2C(F)(F)F)cc1F. The standard InChI is InChI=1S/C17H9F7N2O4S/c18-11-7-8(4-5-12(11)31(25,27)28)13-14(26-30-15(13)16(19,20)21)9-2-1-3-10(6-9)29-17(22,23)24/h1-7H,(H2,25,27,28). The van der Waals surface area contributed by atoms with Crippen LogP contribution in [0.15, 0.2) is 51.9 Å². The minimum Gasteiger partial charge on any atom is -0.406 e. The van der Waals surface area contributed by atoms with E-state index in [-0.39, 0.29) is 5.56 Å². The molecule has 0 aliphatic rings. The van der Waals surface area contributed by atoms with Gasteiger partial charge in [-0.1, -0.05) is 23.4 Å². The van der Waals surface area contributed by atoms with Gasteiger partial charge in [-0.05, 0) is 29.8 Å². The number of halogens is 7. The number of rotatable bonds is 4. The Morgan fingerprint density at radius 1 is 0.968 bits per heavy atom. The molecule has 0 saturated carbocycles. The molecule has 0 saturated heterocycles. The van der Waals surface area contributed by atoms with Crippen molar-refractivity contribution in [2.75, 3.05) is 0 Å². The Morgan fingerprint density at radius 3 is 2.19 bits per heavy atom. The number of aromatic nitrogens is 1. The van der Waals surface area contributed by atoms with Crippen LogP contribution in [0.5, 0.6) is 5.75 Å². The maximum atomic E-state index is 14.2. The summed E-state index contributed by atoms with van der Waals surface area (Å²) in [7, 11) is -4.50. The highest BCUT2D eigenvalue weighted by Crippen LogP contribution is 2.43. The molecule has 0 unspecified atom stereocenters. The monoisotopic (exact) mass is 470 g/mol. The Balaban J connectivity index is 2.21. The molecule has 0 radical (unpaired) electrons. The number of alkyl halides is 6. The first kappa shape index (κ1) is 22.6. The Bertz CT molecular complexity index is 1230. The second kappa shape index (κ2) is 7.53. The molecule has 2 N–H and O–H groups in total. The molecule has 0 aliphatic carbocycles. The van der Waals surface area contributed by atoms with Crippen molar-refractivity contribution in [3.8, 4) is 28.1 Å². The first-order valence-corrected chi connectivity index (χ1v) is 9.47. The molecule has 2 aromatic carbocycles. The van der Waals surface area contributed by atoms with E-state index in [9.17, 15) is 39.2 Å². The molecule has 1 aromatic heterocycles. The van der Waals surface area contributed by atoms with E-state index in [1.165, 1.54) is 0 Å². The smallest absolute Gasteiger partial charge is 0.406 e. The lowest BCUT2D eigenvalue weighted by Crippen LogP contribution is -2.17. The van der Waals surface area contributed by atoms with E-state index >= 15 is 0 Å². The van der Waals surface area contributed by atoms with Gasteiger partial charge >= 0.3 is 12.5 Å². The zero-order valence-electron chi connectivity index (χ0n) is 14.8. The Hall–Kier alpha value is -3.13. The molecule has 0 bridgehead atoms. The Morgan fingerprint density at radius 2 is 1.65 bits per heavy atom. The van der Waals surface area contributed by atoms with E-state index in [0.29, 0.717) is 12.1 Å². The van der Waals surface area contributed by atoms with Crippen LogP contribution in [-0.2, 0) is 16.2 Å². The van der Waals surface area contributed by atoms with Crippen LogP contribution in [0, 0.1) is 5.82 Å². The highest BCUT2D eigenvalue weighted by atomic mass is 32.2. The maximum Gasteiger partial charge on any atom is 0.573 e. The topological polar surface area (TPSA) is 95.4 Å². The predicted octanol–water partition coefficient (Wildman–Crippen LogP) is 4.71. The third kappa shape index (κ3) is 4.96. The molecular formula is C17H9F7N2O4S. The van der Waals surface area contributed by atoms with Crippen molar-refractivity contribution in [3.05, 3.63) is 54.0 Å². The van der Waals surface area contributed by atoms with E-state index in [1.54, 1.807) is 0 Å². The van der Waals surface area contributed by atoms with Gasteiger partial charge in [-0.2, -0.15) is 13.2 Å². The highest BCUT2D eigenvalue weighted by molar-refractivity contribution is 7.89. The Labute approximate surface area is 169 Å². The lowest BCUT2D eigenvalue weighted by Gasteiger charge is -2.11. The normalized spacial score (nSPS) is 12.8. The fourth-order valence-electron chi connectivity index (χ4n) is 2.68. The lowest BCUT2D eigenvalue weighted by molar-refractivity contribution is -0.274. The van der Waals surface area contributed by atoms with Crippen LogP contribution >= 0.6 is 0 Å². The van der Waals surface area contributed by atoms with Crippen molar-refractivity contribution >= 4 is 10.0 Å². The van der Waals surface area contributed by atoms with Crippen molar-refractivity contribution < 1.29 is 48.4 Å². The number of ether oxygens (including phenoxy) is 1. The third-order valence-corrected chi connectivity index (χ3v) is 4.76. The van der Waals surface area contributed by atoms with Crippen molar-refractivity contribution in [1.82, 2.24) is 5.16 Å². The second-order valence-electron chi connectivity index (χ2n) is 6.00. The quantitative estimate of drug-likeness (QED) is 0.558. The number of hydrogen-bond acceptors (Lipinski definition) is 5. The zero-order valence-corrected chi connectivity index (χ0v) is 15.6. The largest absolute Gasteiger partial charge is 0.573 e. The van der Waals surface area contributed by atoms with Crippen LogP contribution in [0.25, 0.3) is 22.4 Å². The highest BCUT2D eigenvalue weighted by Gasteiger charge is 2.41.